The quantitative estimate of drug-likeness (QED) is 0.738. The number of likely N-dealkylation sites (N-methyl/N-ethyl adjacent to an activating group) is 1. The van der Waals surface area contributed by atoms with Crippen molar-refractivity contribution in [2.24, 2.45) is 0 Å². The number of benzene rings is 1. The maximum absolute atomic E-state index is 12.6. The Hall–Kier alpha value is -2.51. The Morgan fingerprint density at radius 2 is 2.00 bits per heavy atom. The number of carbonyl (C=O) groups is 1. The Labute approximate surface area is 151 Å². The second kappa shape index (κ2) is 7.58. The Kier molecular flexibility index (Phi) is 5.25. The third-order valence-electron chi connectivity index (χ3n) is 3.99. The second-order valence-corrected chi connectivity index (χ2v) is 6.79. The zero-order chi connectivity index (χ0) is 17.8. The molecule has 2 aromatic heterocycles. The fourth-order valence-electron chi connectivity index (χ4n) is 2.60. The zero-order valence-electron chi connectivity index (χ0n) is 14.5. The van der Waals surface area contributed by atoms with Crippen LogP contribution in [0.15, 0.2) is 47.2 Å². The molecule has 0 aliphatic heterocycles. The van der Waals surface area contributed by atoms with Gasteiger partial charge in [-0.3, -0.25) is 4.79 Å². The van der Waals surface area contributed by atoms with Crippen molar-refractivity contribution in [2.75, 3.05) is 20.6 Å². The molecule has 0 saturated heterocycles. The third kappa shape index (κ3) is 3.94. The van der Waals surface area contributed by atoms with Crippen molar-refractivity contribution in [3.05, 3.63) is 64.1 Å². The molecule has 1 aromatic carbocycles. The first kappa shape index (κ1) is 17.3. The summed E-state index contributed by atoms with van der Waals surface area (Å²) in [5, 5.41) is 15.8. The largest absolute Gasteiger partial charge is 0.349 e. The Morgan fingerprint density at radius 3 is 2.64 bits per heavy atom. The van der Waals surface area contributed by atoms with Gasteiger partial charge >= 0.3 is 0 Å². The lowest BCUT2D eigenvalue weighted by Gasteiger charge is -2.23. The number of aromatic nitrogens is 3. The molecule has 130 valence electrons. The zero-order valence-corrected chi connectivity index (χ0v) is 15.3. The van der Waals surface area contributed by atoms with Gasteiger partial charge in [0.25, 0.3) is 5.91 Å². The van der Waals surface area contributed by atoms with Gasteiger partial charge in [-0.1, -0.05) is 18.2 Å². The minimum absolute atomic E-state index is 0.125. The molecular weight excluding hydrogens is 334 g/mol. The van der Waals surface area contributed by atoms with E-state index < -0.39 is 0 Å². The van der Waals surface area contributed by atoms with Gasteiger partial charge < -0.3 is 10.2 Å². The molecule has 7 heteroatoms. The third-order valence-corrected chi connectivity index (χ3v) is 4.69. The lowest BCUT2D eigenvalue weighted by Crippen LogP contribution is -2.34. The van der Waals surface area contributed by atoms with Crippen LogP contribution in [0.5, 0.6) is 0 Å². The summed E-state index contributed by atoms with van der Waals surface area (Å²) in [7, 11) is 4.01. The number of aryl methyl sites for hydroxylation is 1. The van der Waals surface area contributed by atoms with E-state index in [4.69, 9.17) is 0 Å². The molecule has 0 fully saturated rings. The Bertz CT molecular complexity index is 827. The molecule has 3 rings (SSSR count). The van der Waals surface area contributed by atoms with E-state index in [0.29, 0.717) is 17.9 Å². The van der Waals surface area contributed by atoms with E-state index in [9.17, 15) is 4.79 Å². The summed E-state index contributed by atoms with van der Waals surface area (Å²) in [6.45, 7) is 2.31. The molecule has 0 unspecified atom stereocenters. The molecule has 1 atom stereocenters. The topological polar surface area (TPSA) is 63.1 Å². The number of rotatable bonds is 6. The minimum atomic E-state index is -0.207. The van der Waals surface area contributed by atoms with Gasteiger partial charge in [-0.2, -0.15) is 21.2 Å². The van der Waals surface area contributed by atoms with E-state index >= 15 is 0 Å². The smallest absolute Gasteiger partial charge is 0.273 e. The number of hydrogen-bond donors (Lipinski definition) is 1. The minimum Gasteiger partial charge on any atom is -0.349 e. The molecule has 2 heterocycles. The highest BCUT2D eigenvalue weighted by Crippen LogP contribution is 2.20. The number of hydrogen-bond acceptors (Lipinski definition) is 5. The second-order valence-electron chi connectivity index (χ2n) is 6.01. The summed E-state index contributed by atoms with van der Waals surface area (Å²) in [6.07, 6.45) is 0. The van der Waals surface area contributed by atoms with Gasteiger partial charge in [0.1, 0.15) is 0 Å². The van der Waals surface area contributed by atoms with E-state index in [-0.39, 0.29) is 11.9 Å². The van der Waals surface area contributed by atoms with Crippen LogP contribution < -0.4 is 5.32 Å². The molecule has 6 nitrogen and oxygen atoms in total. The van der Waals surface area contributed by atoms with Crippen LogP contribution in [0, 0.1) is 6.92 Å². The van der Waals surface area contributed by atoms with Crippen LogP contribution in [0.1, 0.15) is 27.8 Å². The standard InChI is InChI=1S/C18H21N5OS/c1-13-17(21-23(20-13)15-7-5-4-6-8-15)18(24)19-11-16(22(2)3)14-9-10-25-12-14/h4-10,12,16H,11H2,1-3H3,(H,19,24)/t16-/m1/s1. The summed E-state index contributed by atoms with van der Waals surface area (Å²) in [5.74, 6) is -0.207. The molecule has 1 amide bonds. The van der Waals surface area contributed by atoms with Crippen molar-refractivity contribution in [1.29, 1.82) is 0 Å². The molecule has 25 heavy (non-hydrogen) atoms. The maximum Gasteiger partial charge on any atom is 0.273 e. The van der Waals surface area contributed by atoms with E-state index in [1.165, 1.54) is 10.4 Å². The number of nitrogens with one attached hydrogen (secondary N) is 1. The lowest BCUT2D eigenvalue weighted by atomic mass is 10.1. The Balaban J connectivity index is 1.72. The molecule has 0 spiro atoms. The number of thiophene rings is 1. The van der Waals surface area contributed by atoms with Crippen molar-refractivity contribution in [1.82, 2.24) is 25.2 Å². The van der Waals surface area contributed by atoms with Gasteiger partial charge in [-0.15, -0.1) is 5.10 Å². The highest BCUT2D eigenvalue weighted by Gasteiger charge is 2.20. The van der Waals surface area contributed by atoms with Crippen molar-refractivity contribution in [3.8, 4) is 5.69 Å². The van der Waals surface area contributed by atoms with E-state index in [1.807, 2.05) is 49.8 Å². The molecule has 1 N–H and O–H groups in total. The molecule has 0 saturated carbocycles. The number of para-hydroxylation sites is 1. The van der Waals surface area contributed by atoms with Gasteiger partial charge in [0.15, 0.2) is 5.69 Å². The van der Waals surface area contributed by atoms with Crippen molar-refractivity contribution < 1.29 is 4.79 Å². The molecule has 0 aliphatic carbocycles. The fraction of sp³-hybridized carbons (Fsp3) is 0.278. The summed E-state index contributed by atoms with van der Waals surface area (Å²) in [5.41, 5.74) is 2.99. The van der Waals surface area contributed by atoms with E-state index in [0.717, 1.165) is 5.69 Å². The van der Waals surface area contributed by atoms with Crippen LogP contribution in [0.25, 0.3) is 5.69 Å². The van der Waals surface area contributed by atoms with Crippen LogP contribution in [0.2, 0.25) is 0 Å². The molecular formula is C18H21N5OS. The summed E-state index contributed by atoms with van der Waals surface area (Å²) in [4.78, 5) is 16.1. The average Bonchev–Trinajstić information content (AvgIpc) is 3.25. The summed E-state index contributed by atoms with van der Waals surface area (Å²) >= 11 is 1.65. The SMILES string of the molecule is Cc1nn(-c2ccccc2)nc1C(=O)NC[C@H](c1ccsc1)N(C)C. The highest BCUT2D eigenvalue weighted by molar-refractivity contribution is 7.07. The summed E-state index contributed by atoms with van der Waals surface area (Å²) in [6, 6.07) is 11.8. The van der Waals surface area contributed by atoms with Gasteiger partial charge in [-0.05, 0) is 55.5 Å². The van der Waals surface area contributed by atoms with Gasteiger partial charge in [0.2, 0.25) is 0 Å². The van der Waals surface area contributed by atoms with Gasteiger partial charge in [-0.25, -0.2) is 0 Å². The molecule has 0 radical (unpaired) electrons. The van der Waals surface area contributed by atoms with Crippen molar-refractivity contribution in [2.45, 2.75) is 13.0 Å². The first-order chi connectivity index (χ1) is 12.1. The van der Waals surface area contributed by atoms with Crippen LogP contribution in [-0.2, 0) is 0 Å². The lowest BCUT2D eigenvalue weighted by molar-refractivity contribution is 0.0936. The fourth-order valence-corrected chi connectivity index (χ4v) is 3.31. The highest BCUT2D eigenvalue weighted by atomic mass is 32.1. The number of carbonyl (C=O) groups excluding carboxylic acids is 1. The average molecular weight is 355 g/mol. The Morgan fingerprint density at radius 1 is 1.24 bits per heavy atom. The predicted octanol–water partition coefficient (Wildman–Crippen LogP) is 2.67. The number of nitrogens with zero attached hydrogens (tertiary/aromatic N) is 4. The maximum atomic E-state index is 12.6. The summed E-state index contributed by atoms with van der Waals surface area (Å²) < 4.78 is 0. The number of amides is 1. The van der Waals surface area contributed by atoms with Crippen LogP contribution in [0.4, 0.5) is 0 Å². The molecule has 3 aromatic rings. The van der Waals surface area contributed by atoms with Gasteiger partial charge in [0.05, 0.1) is 17.4 Å². The molecule has 0 bridgehead atoms. The normalized spacial score (nSPS) is 12.3. The van der Waals surface area contributed by atoms with Crippen molar-refractivity contribution >= 4 is 17.2 Å². The van der Waals surface area contributed by atoms with Crippen molar-refractivity contribution in [3.63, 3.8) is 0 Å². The molecule has 0 aliphatic rings. The predicted molar refractivity (Wildman–Crippen MR) is 99.2 cm³/mol. The van der Waals surface area contributed by atoms with Gasteiger partial charge in [0, 0.05) is 6.54 Å². The van der Waals surface area contributed by atoms with E-state index in [2.05, 4.69) is 31.9 Å². The van der Waals surface area contributed by atoms with Crippen LogP contribution in [-0.4, -0.2) is 46.4 Å². The van der Waals surface area contributed by atoms with Crippen LogP contribution in [0.3, 0.4) is 0 Å². The monoisotopic (exact) mass is 355 g/mol. The first-order valence-corrected chi connectivity index (χ1v) is 8.96. The van der Waals surface area contributed by atoms with E-state index in [1.54, 1.807) is 18.3 Å². The van der Waals surface area contributed by atoms with Crippen LogP contribution >= 0.6 is 11.3 Å². The first-order valence-electron chi connectivity index (χ1n) is 8.02.